The number of nitrogen functional groups attached to an aromatic ring is 1. The van der Waals surface area contributed by atoms with Crippen LogP contribution in [0.4, 0.5) is 24.8 Å². The van der Waals surface area contributed by atoms with E-state index in [2.05, 4.69) is 25.2 Å². The molecule has 12 heteroatoms. The molecule has 46 heavy (non-hydrogen) atoms. The van der Waals surface area contributed by atoms with Crippen LogP contribution in [0.3, 0.4) is 0 Å². The molecule has 3 aromatic carbocycles. The molecule has 0 saturated carbocycles. The number of fused-ring (bicyclic) bond motifs is 1. The number of carbonyl (C=O) groups excluding carboxylic acids is 1. The summed E-state index contributed by atoms with van der Waals surface area (Å²) in [6, 6.07) is 15.8. The normalized spacial score (nSPS) is 14.5. The van der Waals surface area contributed by atoms with Crippen molar-refractivity contribution in [2.75, 3.05) is 44.3 Å². The Bertz CT molecular complexity index is 1920. The molecule has 1 fully saturated rings. The first-order chi connectivity index (χ1) is 22.0. The smallest absolute Gasteiger partial charge is 0.416 e. The second-order valence-corrected chi connectivity index (χ2v) is 11.5. The number of aromatic hydroxyl groups is 1. The Morgan fingerprint density at radius 1 is 1.00 bits per heavy atom. The van der Waals surface area contributed by atoms with Crippen LogP contribution in [0.25, 0.3) is 33.3 Å². The summed E-state index contributed by atoms with van der Waals surface area (Å²) in [5, 5.41) is 14.8. The van der Waals surface area contributed by atoms with Crippen molar-refractivity contribution in [2.45, 2.75) is 19.6 Å². The lowest BCUT2D eigenvalue weighted by atomic mass is 9.92. The molecule has 3 heterocycles. The van der Waals surface area contributed by atoms with E-state index in [0.717, 1.165) is 24.7 Å². The molecule has 6 rings (SSSR count). The molecule has 5 aromatic rings. The zero-order valence-electron chi connectivity index (χ0n) is 25.3. The maximum Gasteiger partial charge on any atom is 0.416 e. The van der Waals surface area contributed by atoms with Crippen LogP contribution in [0.2, 0.25) is 0 Å². The van der Waals surface area contributed by atoms with E-state index >= 15 is 0 Å². The van der Waals surface area contributed by atoms with Crippen molar-refractivity contribution in [1.82, 2.24) is 24.8 Å². The van der Waals surface area contributed by atoms with E-state index in [1.54, 1.807) is 54.9 Å². The molecule has 1 aliphatic heterocycles. The first-order valence-electron chi connectivity index (χ1n) is 14.7. The lowest BCUT2D eigenvalue weighted by Crippen LogP contribution is -2.44. The molecule has 0 atom stereocenters. The summed E-state index contributed by atoms with van der Waals surface area (Å²) in [6.07, 6.45) is -1.45. The number of phenolic OH excluding ortho intramolecular Hbond substituents is 1. The Morgan fingerprint density at radius 2 is 1.78 bits per heavy atom. The summed E-state index contributed by atoms with van der Waals surface area (Å²) < 4.78 is 42.4. The number of rotatable bonds is 6. The summed E-state index contributed by atoms with van der Waals surface area (Å²) in [4.78, 5) is 30.4. The fourth-order valence-corrected chi connectivity index (χ4v) is 5.70. The summed E-state index contributed by atoms with van der Waals surface area (Å²) in [5.41, 5.74) is 8.40. The van der Waals surface area contributed by atoms with E-state index in [-0.39, 0.29) is 35.1 Å². The largest absolute Gasteiger partial charge is 0.507 e. The number of piperazine rings is 1. The quantitative estimate of drug-likeness (QED) is 0.211. The van der Waals surface area contributed by atoms with Gasteiger partial charge in [-0.25, -0.2) is 9.97 Å². The molecule has 9 nitrogen and oxygen atoms in total. The number of phenols is 1. The van der Waals surface area contributed by atoms with Gasteiger partial charge in [0.2, 0.25) is 5.95 Å². The van der Waals surface area contributed by atoms with Crippen LogP contribution in [0.1, 0.15) is 27.0 Å². The molecule has 0 unspecified atom stereocenters. The van der Waals surface area contributed by atoms with Crippen molar-refractivity contribution >= 4 is 28.4 Å². The number of amides is 1. The van der Waals surface area contributed by atoms with Gasteiger partial charge in [0.05, 0.1) is 22.3 Å². The Morgan fingerprint density at radius 3 is 2.50 bits per heavy atom. The fourth-order valence-electron chi connectivity index (χ4n) is 5.70. The number of carbonyl (C=O) groups is 1. The Kier molecular flexibility index (Phi) is 8.32. The average molecular weight is 628 g/mol. The number of hydrogen-bond donors (Lipinski definition) is 3. The number of hydrogen-bond acceptors (Lipinski definition) is 8. The first-order valence-corrected chi connectivity index (χ1v) is 14.7. The Labute approximate surface area is 263 Å². The molecular formula is C34H32F3N7O2. The van der Waals surface area contributed by atoms with Crippen LogP contribution < -0.4 is 11.1 Å². The van der Waals surface area contributed by atoms with Gasteiger partial charge in [-0.15, -0.1) is 0 Å². The minimum atomic E-state index is -4.59. The van der Waals surface area contributed by atoms with Crippen LogP contribution in [0.5, 0.6) is 5.75 Å². The van der Waals surface area contributed by atoms with Crippen LogP contribution in [0, 0.1) is 6.92 Å². The van der Waals surface area contributed by atoms with Crippen LogP contribution in [-0.2, 0) is 12.7 Å². The highest BCUT2D eigenvalue weighted by Gasteiger charge is 2.34. The number of aryl methyl sites for hydroxylation is 1. The fraction of sp³-hybridized carbons (Fsp3) is 0.235. The predicted octanol–water partition coefficient (Wildman–Crippen LogP) is 5.97. The third-order valence-corrected chi connectivity index (χ3v) is 8.24. The van der Waals surface area contributed by atoms with E-state index in [0.29, 0.717) is 46.4 Å². The molecule has 0 radical (unpaired) electrons. The number of nitrogens with two attached hydrogens (primary N) is 1. The average Bonchev–Trinajstić information content (AvgIpc) is 3.03. The van der Waals surface area contributed by atoms with Crippen molar-refractivity contribution in [3.63, 3.8) is 0 Å². The highest BCUT2D eigenvalue weighted by molar-refractivity contribution is 6.06. The number of halogens is 3. The topological polar surface area (TPSA) is 121 Å². The zero-order chi connectivity index (χ0) is 32.6. The molecule has 1 saturated heterocycles. The summed E-state index contributed by atoms with van der Waals surface area (Å²) in [7, 11) is 1.99. The predicted molar refractivity (Wildman–Crippen MR) is 171 cm³/mol. The lowest BCUT2D eigenvalue weighted by Gasteiger charge is -2.33. The van der Waals surface area contributed by atoms with Crippen molar-refractivity contribution in [2.24, 2.45) is 0 Å². The Balaban J connectivity index is 1.33. The third-order valence-electron chi connectivity index (χ3n) is 8.24. The monoisotopic (exact) mass is 627 g/mol. The van der Waals surface area contributed by atoms with E-state index in [4.69, 9.17) is 5.73 Å². The second-order valence-electron chi connectivity index (χ2n) is 11.5. The van der Waals surface area contributed by atoms with Gasteiger partial charge in [-0.1, -0.05) is 18.2 Å². The van der Waals surface area contributed by atoms with Gasteiger partial charge in [0.25, 0.3) is 5.91 Å². The summed E-state index contributed by atoms with van der Waals surface area (Å²) >= 11 is 0. The lowest BCUT2D eigenvalue weighted by molar-refractivity contribution is -0.138. The van der Waals surface area contributed by atoms with Crippen molar-refractivity contribution in [3.05, 3.63) is 95.3 Å². The van der Waals surface area contributed by atoms with Gasteiger partial charge < -0.3 is 21.1 Å². The van der Waals surface area contributed by atoms with E-state index < -0.39 is 17.6 Å². The number of nitrogens with one attached hydrogen (secondary N) is 1. The van der Waals surface area contributed by atoms with E-state index in [1.807, 2.05) is 18.9 Å². The molecule has 0 spiro atoms. The minimum absolute atomic E-state index is 0.0299. The van der Waals surface area contributed by atoms with Crippen LogP contribution in [-0.4, -0.2) is 69.0 Å². The van der Waals surface area contributed by atoms with E-state index in [1.165, 1.54) is 12.1 Å². The Hall–Kier alpha value is -5.07. The molecule has 0 bridgehead atoms. The molecule has 4 N–H and O–H groups in total. The van der Waals surface area contributed by atoms with Gasteiger partial charge in [0.1, 0.15) is 5.75 Å². The summed E-state index contributed by atoms with van der Waals surface area (Å²) in [6.45, 7) is 4.94. The van der Waals surface area contributed by atoms with Gasteiger partial charge in [0.15, 0.2) is 0 Å². The number of anilines is 2. The van der Waals surface area contributed by atoms with Gasteiger partial charge in [0, 0.05) is 67.3 Å². The van der Waals surface area contributed by atoms with Gasteiger partial charge in [-0.2, -0.15) is 13.2 Å². The second kappa shape index (κ2) is 12.4. The van der Waals surface area contributed by atoms with Gasteiger partial charge in [-0.3, -0.25) is 14.7 Å². The standard InChI is InChI=1S/C34H32F3N7O2/c1-20-6-7-21(32(46)41-24-9-8-22(27(17-24)34(35,36)37)19-44-13-11-43(2)12-14-44)15-25(20)26-16-23-18-40-33(38)42-30(23)29(31(26)45)28-5-3-4-10-39-28/h3-10,15-18,45H,11-14,19H2,1-2H3,(H,41,46)(H2,38,40,42). The van der Waals surface area contributed by atoms with E-state index in [9.17, 15) is 23.1 Å². The molecule has 1 amide bonds. The van der Waals surface area contributed by atoms with Crippen molar-refractivity contribution in [1.29, 1.82) is 0 Å². The highest BCUT2D eigenvalue weighted by atomic mass is 19.4. The van der Waals surface area contributed by atoms with Gasteiger partial charge >= 0.3 is 6.18 Å². The molecule has 1 aliphatic rings. The third kappa shape index (κ3) is 6.35. The van der Waals surface area contributed by atoms with Crippen molar-refractivity contribution < 1.29 is 23.1 Å². The number of benzene rings is 3. The minimum Gasteiger partial charge on any atom is -0.507 e. The first kappa shape index (κ1) is 30.9. The SMILES string of the molecule is Cc1ccc(C(=O)Nc2ccc(CN3CCN(C)CC3)c(C(F)(F)F)c2)cc1-c1cc2cnc(N)nc2c(-c2ccccn2)c1O. The van der Waals surface area contributed by atoms with Crippen LogP contribution in [0.15, 0.2) is 73.1 Å². The summed E-state index contributed by atoms with van der Waals surface area (Å²) in [5.74, 6) is -0.675. The molecule has 236 valence electrons. The number of nitrogens with zero attached hydrogens (tertiary/aromatic N) is 5. The number of likely N-dealkylation sites (N-methyl/N-ethyl adjacent to an activating group) is 1. The number of pyridine rings is 1. The maximum absolute atomic E-state index is 14.1. The maximum atomic E-state index is 14.1. The molecule has 0 aliphatic carbocycles. The highest BCUT2D eigenvalue weighted by Crippen LogP contribution is 2.43. The van der Waals surface area contributed by atoms with Gasteiger partial charge in [-0.05, 0) is 73.1 Å². The molecule has 2 aromatic heterocycles. The van der Waals surface area contributed by atoms with Crippen LogP contribution >= 0.6 is 0 Å². The zero-order valence-corrected chi connectivity index (χ0v) is 25.3. The number of aromatic nitrogens is 3. The number of alkyl halides is 3. The van der Waals surface area contributed by atoms with Crippen molar-refractivity contribution in [3.8, 4) is 28.1 Å². The molecular weight excluding hydrogens is 595 g/mol.